The highest BCUT2D eigenvalue weighted by Gasteiger charge is 2.54. The minimum absolute atomic E-state index is 0.0285. The van der Waals surface area contributed by atoms with Gasteiger partial charge in [-0.05, 0) is 60.9 Å². The molecule has 2 aliphatic heterocycles. The topological polar surface area (TPSA) is 111 Å². The van der Waals surface area contributed by atoms with Gasteiger partial charge in [0.15, 0.2) is 11.5 Å². The molecule has 3 aromatic rings. The number of halogens is 1. The Bertz CT molecular complexity index is 1490. The molecule has 3 atom stereocenters. The quantitative estimate of drug-likeness (QED) is 0.428. The predicted molar refractivity (Wildman–Crippen MR) is 143 cm³/mol. The molecule has 0 bridgehead atoms. The molecule has 3 aromatic carbocycles. The Kier molecular flexibility index (Phi) is 7.53. The number of hydrogen-bond donors (Lipinski definition) is 1. The summed E-state index contributed by atoms with van der Waals surface area (Å²) >= 11 is 6.01. The number of carbonyl (C=O) groups is 2. The summed E-state index contributed by atoms with van der Waals surface area (Å²) in [5.41, 5.74) is 2.41. The molecule has 1 amide bonds. The monoisotopic (exact) mass is 570 g/mol. The fraction of sp³-hybridized carbons (Fsp3) is 0.286. The third-order valence-corrected chi connectivity index (χ3v) is 9.12. The minimum Gasteiger partial charge on any atom is -0.469 e. The van der Waals surface area contributed by atoms with Gasteiger partial charge in [0.1, 0.15) is 6.04 Å². The SMILES string of the molecule is COC(=O)C1CC(C(=O)NCc2ccc(C)cc2)N(S(=O)(=O)c2ccc(Cl)cc2)C1c1ccc2c(c1)OCO2. The molecule has 3 unspecified atom stereocenters. The number of hydrogen-bond acceptors (Lipinski definition) is 7. The Labute approximate surface area is 231 Å². The van der Waals surface area contributed by atoms with Gasteiger partial charge in [-0.15, -0.1) is 0 Å². The first-order chi connectivity index (χ1) is 18.7. The highest BCUT2D eigenvalue weighted by molar-refractivity contribution is 7.89. The van der Waals surface area contributed by atoms with Crippen molar-refractivity contribution in [3.63, 3.8) is 0 Å². The normalized spacial score (nSPS) is 20.5. The summed E-state index contributed by atoms with van der Waals surface area (Å²) in [7, 11) is -3.05. The molecule has 1 saturated heterocycles. The van der Waals surface area contributed by atoms with E-state index in [4.69, 9.17) is 25.8 Å². The lowest BCUT2D eigenvalue weighted by Crippen LogP contribution is -2.46. The lowest BCUT2D eigenvalue weighted by atomic mass is 9.93. The summed E-state index contributed by atoms with van der Waals surface area (Å²) in [6.07, 6.45) is -0.0711. The average Bonchev–Trinajstić information content (AvgIpc) is 3.57. The average molecular weight is 571 g/mol. The lowest BCUT2D eigenvalue weighted by molar-refractivity contribution is -0.146. The fourth-order valence-corrected chi connectivity index (χ4v) is 6.91. The van der Waals surface area contributed by atoms with Crippen LogP contribution in [-0.4, -0.2) is 44.5 Å². The second-order valence-electron chi connectivity index (χ2n) is 9.43. The van der Waals surface area contributed by atoms with E-state index in [0.717, 1.165) is 15.4 Å². The molecule has 0 aliphatic carbocycles. The van der Waals surface area contributed by atoms with Crippen LogP contribution in [0.1, 0.15) is 29.2 Å². The standard InChI is InChI=1S/C28H27ClN2O7S/c1-17-3-5-18(6-4-17)15-30-27(32)23-14-22(28(33)36-2)26(19-7-12-24-25(13-19)38-16-37-24)31(23)39(34,35)21-10-8-20(29)9-11-21/h3-13,22-23,26H,14-16H2,1-2H3,(H,30,32). The molecule has 5 rings (SSSR count). The van der Waals surface area contributed by atoms with Crippen molar-refractivity contribution in [3.8, 4) is 11.5 Å². The first-order valence-electron chi connectivity index (χ1n) is 12.3. The van der Waals surface area contributed by atoms with E-state index in [1.165, 1.54) is 31.4 Å². The summed E-state index contributed by atoms with van der Waals surface area (Å²) in [6.45, 7) is 2.19. The molecule has 0 radical (unpaired) electrons. The number of methoxy groups -OCH3 is 1. The Hall–Kier alpha value is -3.60. The van der Waals surface area contributed by atoms with Crippen LogP contribution < -0.4 is 14.8 Å². The minimum atomic E-state index is -4.29. The molecule has 9 nitrogen and oxygen atoms in total. The van der Waals surface area contributed by atoms with Crippen molar-refractivity contribution in [2.75, 3.05) is 13.9 Å². The van der Waals surface area contributed by atoms with Gasteiger partial charge in [-0.3, -0.25) is 9.59 Å². The summed E-state index contributed by atoms with van der Waals surface area (Å²) in [6, 6.07) is 16.1. The molecule has 2 heterocycles. The maximum atomic E-state index is 14.1. The van der Waals surface area contributed by atoms with Crippen LogP contribution in [0.25, 0.3) is 0 Å². The number of ether oxygens (including phenoxy) is 3. The number of amides is 1. The summed E-state index contributed by atoms with van der Waals surface area (Å²) in [5.74, 6) is -1.17. The van der Waals surface area contributed by atoms with Crippen LogP contribution in [0.15, 0.2) is 71.6 Å². The Morgan fingerprint density at radius 3 is 2.41 bits per heavy atom. The van der Waals surface area contributed by atoms with Crippen molar-refractivity contribution in [3.05, 3.63) is 88.4 Å². The van der Waals surface area contributed by atoms with Gasteiger partial charge >= 0.3 is 5.97 Å². The van der Waals surface area contributed by atoms with Crippen molar-refractivity contribution in [1.29, 1.82) is 0 Å². The van der Waals surface area contributed by atoms with Crippen LogP contribution in [0.3, 0.4) is 0 Å². The third-order valence-electron chi connectivity index (χ3n) is 6.96. The van der Waals surface area contributed by atoms with Gasteiger partial charge in [0.25, 0.3) is 0 Å². The smallest absolute Gasteiger partial charge is 0.310 e. The number of benzene rings is 3. The van der Waals surface area contributed by atoms with Crippen molar-refractivity contribution >= 4 is 33.5 Å². The van der Waals surface area contributed by atoms with Gasteiger partial charge in [0.05, 0.1) is 24.0 Å². The number of sulfonamides is 1. The van der Waals surface area contributed by atoms with E-state index in [1.54, 1.807) is 18.2 Å². The van der Waals surface area contributed by atoms with Crippen LogP contribution in [0.4, 0.5) is 0 Å². The van der Waals surface area contributed by atoms with E-state index in [9.17, 15) is 18.0 Å². The number of carbonyl (C=O) groups excluding carboxylic acids is 2. The Morgan fingerprint density at radius 1 is 1.03 bits per heavy atom. The van der Waals surface area contributed by atoms with Gasteiger partial charge in [-0.1, -0.05) is 47.5 Å². The maximum absolute atomic E-state index is 14.1. The summed E-state index contributed by atoms with van der Waals surface area (Å²) in [5, 5.41) is 3.21. The van der Waals surface area contributed by atoms with Crippen molar-refractivity contribution in [2.24, 2.45) is 5.92 Å². The maximum Gasteiger partial charge on any atom is 0.310 e. The van der Waals surface area contributed by atoms with Gasteiger partial charge in [0.2, 0.25) is 22.7 Å². The van der Waals surface area contributed by atoms with E-state index in [-0.39, 0.29) is 24.7 Å². The molecular formula is C28H27ClN2O7S. The fourth-order valence-electron chi connectivity index (χ4n) is 4.98. The zero-order valence-electron chi connectivity index (χ0n) is 21.3. The molecule has 0 aromatic heterocycles. The molecule has 1 N–H and O–H groups in total. The molecule has 0 spiro atoms. The van der Waals surface area contributed by atoms with Crippen molar-refractivity contribution in [1.82, 2.24) is 9.62 Å². The molecule has 39 heavy (non-hydrogen) atoms. The number of nitrogens with zero attached hydrogens (tertiary/aromatic N) is 1. The Balaban J connectivity index is 1.57. The van der Waals surface area contributed by atoms with E-state index < -0.39 is 39.9 Å². The molecule has 204 valence electrons. The number of fused-ring (bicyclic) bond motifs is 1. The Morgan fingerprint density at radius 2 is 1.72 bits per heavy atom. The lowest BCUT2D eigenvalue weighted by Gasteiger charge is -2.30. The van der Waals surface area contributed by atoms with Crippen molar-refractivity contribution in [2.45, 2.75) is 36.9 Å². The van der Waals surface area contributed by atoms with Gasteiger partial charge in [-0.25, -0.2) is 8.42 Å². The van der Waals surface area contributed by atoms with E-state index in [1.807, 2.05) is 31.2 Å². The second-order valence-corrected chi connectivity index (χ2v) is 11.7. The van der Waals surface area contributed by atoms with Crippen molar-refractivity contribution < 1.29 is 32.2 Å². The van der Waals surface area contributed by atoms with Gasteiger partial charge in [0, 0.05) is 11.6 Å². The third kappa shape index (κ3) is 5.32. The number of aryl methyl sites for hydroxylation is 1. The molecular weight excluding hydrogens is 544 g/mol. The molecule has 0 saturated carbocycles. The van der Waals surface area contributed by atoms with E-state index in [0.29, 0.717) is 22.1 Å². The number of rotatable bonds is 7. The first kappa shape index (κ1) is 27.0. The number of esters is 1. The predicted octanol–water partition coefficient (Wildman–Crippen LogP) is 3.99. The highest BCUT2D eigenvalue weighted by atomic mass is 35.5. The van der Waals surface area contributed by atoms with Crippen LogP contribution in [0.2, 0.25) is 5.02 Å². The molecule has 1 fully saturated rings. The summed E-state index contributed by atoms with van der Waals surface area (Å²) in [4.78, 5) is 26.6. The van der Waals surface area contributed by atoms with Gasteiger partial charge in [-0.2, -0.15) is 4.31 Å². The van der Waals surface area contributed by atoms with Crippen LogP contribution in [0, 0.1) is 12.8 Å². The van der Waals surface area contributed by atoms with E-state index >= 15 is 0 Å². The van der Waals surface area contributed by atoms with Crippen LogP contribution >= 0.6 is 11.6 Å². The largest absolute Gasteiger partial charge is 0.469 e. The van der Waals surface area contributed by atoms with Crippen LogP contribution in [0.5, 0.6) is 11.5 Å². The van der Waals surface area contributed by atoms with E-state index in [2.05, 4.69) is 5.32 Å². The zero-order chi connectivity index (χ0) is 27.7. The first-order valence-corrected chi connectivity index (χ1v) is 14.1. The molecule has 11 heteroatoms. The zero-order valence-corrected chi connectivity index (χ0v) is 22.9. The summed E-state index contributed by atoms with van der Waals surface area (Å²) < 4.78 is 45.4. The van der Waals surface area contributed by atoms with Crippen LogP contribution in [-0.2, 0) is 30.9 Å². The highest BCUT2D eigenvalue weighted by Crippen LogP contribution is 2.47. The molecule has 2 aliphatic rings. The van der Waals surface area contributed by atoms with Gasteiger partial charge < -0.3 is 19.5 Å². The number of nitrogens with one attached hydrogen (secondary N) is 1. The second kappa shape index (κ2) is 10.9.